The van der Waals surface area contributed by atoms with Crippen molar-refractivity contribution in [2.45, 2.75) is 24.3 Å². The van der Waals surface area contributed by atoms with Crippen molar-refractivity contribution in [2.24, 2.45) is 0 Å². The van der Waals surface area contributed by atoms with Gasteiger partial charge in [0.1, 0.15) is 0 Å². The maximum absolute atomic E-state index is 12.6. The molecule has 1 aromatic heterocycles. The van der Waals surface area contributed by atoms with Gasteiger partial charge in [0.15, 0.2) is 0 Å². The molecule has 0 saturated carbocycles. The molecular formula is C20H23Cl2N3O2S. The molecule has 0 aliphatic rings. The molecule has 150 valence electrons. The molecule has 0 unspecified atom stereocenters. The summed E-state index contributed by atoms with van der Waals surface area (Å²) in [5.74, 6) is 0. The highest BCUT2D eigenvalue weighted by Gasteiger charge is 2.17. The van der Waals surface area contributed by atoms with Crippen LogP contribution >= 0.6 is 24.0 Å². The number of nitrogens with zero attached hydrogens (tertiary/aromatic N) is 1. The van der Waals surface area contributed by atoms with Crippen LogP contribution in [0.5, 0.6) is 0 Å². The van der Waals surface area contributed by atoms with Gasteiger partial charge in [-0.1, -0.05) is 29.8 Å². The Labute approximate surface area is 177 Å². The Kier molecular flexibility index (Phi) is 8.22. The van der Waals surface area contributed by atoms with Gasteiger partial charge in [-0.25, -0.2) is 13.1 Å². The third-order valence-electron chi connectivity index (χ3n) is 4.21. The molecule has 3 rings (SSSR count). The minimum Gasteiger partial charge on any atom is -0.315 e. The predicted molar refractivity (Wildman–Crippen MR) is 117 cm³/mol. The fourth-order valence-corrected chi connectivity index (χ4v) is 4.34. The molecule has 0 spiro atoms. The van der Waals surface area contributed by atoms with Crippen molar-refractivity contribution in [2.75, 3.05) is 13.1 Å². The van der Waals surface area contributed by atoms with Crippen LogP contribution in [0.3, 0.4) is 0 Å². The number of rotatable bonds is 8. The minimum atomic E-state index is -3.57. The SMILES string of the molecule is C[C@H](CNCCc1cccc(Cl)c1)NS(=O)(=O)c1ccc2cnccc2c1.Cl. The van der Waals surface area contributed by atoms with Crippen LogP contribution in [0.1, 0.15) is 12.5 Å². The standard InChI is InChI=1S/C20H22ClN3O2S.ClH/c1-15(13-22-9-7-16-3-2-4-19(21)11-16)24-27(25,26)20-6-5-18-14-23-10-8-17(18)12-20;/h2-6,8,10-12,14-15,22,24H,7,9,13H2,1H3;1H/t15-;/m1./s1. The molecule has 1 atom stereocenters. The lowest BCUT2D eigenvalue weighted by molar-refractivity contribution is 0.537. The van der Waals surface area contributed by atoms with E-state index in [1.54, 1.807) is 36.7 Å². The fraction of sp³-hybridized carbons (Fsp3) is 0.250. The minimum absolute atomic E-state index is 0. The van der Waals surface area contributed by atoms with E-state index in [9.17, 15) is 8.42 Å². The third kappa shape index (κ3) is 6.15. The summed E-state index contributed by atoms with van der Waals surface area (Å²) in [6.45, 7) is 3.13. The van der Waals surface area contributed by atoms with Gasteiger partial charge < -0.3 is 5.32 Å². The molecule has 3 aromatic rings. The number of nitrogens with one attached hydrogen (secondary N) is 2. The van der Waals surface area contributed by atoms with Crippen LogP contribution in [-0.2, 0) is 16.4 Å². The fourth-order valence-electron chi connectivity index (χ4n) is 2.85. The first kappa shape index (κ1) is 22.6. The Morgan fingerprint density at radius 2 is 1.93 bits per heavy atom. The van der Waals surface area contributed by atoms with Gasteiger partial charge in [-0.2, -0.15) is 0 Å². The number of hydrogen-bond donors (Lipinski definition) is 2. The topological polar surface area (TPSA) is 71.1 Å². The number of benzene rings is 2. The van der Waals surface area contributed by atoms with Gasteiger partial charge in [0.25, 0.3) is 0 Å². The molecule has 1 heterocycles. The molecule has 0 saturated heterocycles. The largest absolute Gasteiger partial charge is 0.315 e. The lowest BCUT2D eigenvalue weighted by atomic mass is 10.1. The van der Waals surface area contributed by atoms with Crippen LogP contribution in [-0.4, -0.2) is 32.5 Å². The summed E-state index contributed by atoms with van der Waals surface area (Å²) in [7, 11) is -3.57. The lowest BCUT2D eigenvalue weighted by Crippen LogP contribution is -2.40. The van der Waals surface area contributed by atoms with Gasteiger partial charge in [0.05, 0.1) is 4.90 Å². The van der Waals surface area contributed by atoms with E-state index in [4.69, 9.17) is 11.6 Å². The van der Waals surface area contributed by atoms with E-state index in [0.717, 1.165) is 34.3 Å². The molecule has 0 radical (unpaired) electrons. The summed E-state index contributed by atoms with van der Waals surface area (Å²) in [4.78, 5) is 4.30. The smallest absolute Gasteiger partial charge is 0.240 e. The zero-order chi connectivity index (χ0) is 19.3. The van der Waals surface area contributed by atoms with Crippen LogP contribution in [0, 0.1) is 0 Å². The second-order valence-corrected chi connectivity index (χ2v) is 8.64. The molecule has 0 fully saturated rings. The molecular weight excluding hydrogens is 417 g/mol. The monoisotopic (exact) mass is 439 g/mol. The summed E-state index contributed by atoms with van der Waals surface area (Å²) < 4.78 is 27.9. The van der Waals surface area contributed by atoms with Gasteiger partial charge in [-0.15, -0.1) is 12.4 Å². The van der Waals surface area contributed by atoms with Crippen molar-refractivity contribution in [1.82, 2.24) is 15.0 Å². The normalized spacial score (nSPS) is 12.5. The predicted octanol–water partition coefficient (Wildman–Crippen LogP) is 3.81. The van der Waals surface area contributed by atoms with Crippen LogP contribution in [0.4, 0.5) is 0 Å². The number of hydrogen-bond acceptors (Lipinski definition) is 4. The van der Waals surface area contributed by atoms with Crippen molar-refractivity contribution >= 4 is 44.8 Å². The highest BCUT2D eigenvalue weighted by Crippen LogP contribution is 2.18. The van der Waals surface area contributed by atoms with Crippen LogP contribution in [0.2, 0.25) is 5.02 Å². The Balaban J connectivity index is 0.00000280. The van der Waals surface area contributed by atoms with Crippen molar-refractivity contribution in [1.29, 1.82) is 0 Å². The van der Waals surface area contributed by atoms with Gasteiger partial charge >= 0.3 is 0 Å². The van der Waals surface area contributed by atoms with Gasteiger partial charge in [-0.05, 0) is 61.2 Å². The van der Waals surface area contributed by atoms with E-state index in [1.165, 1.54) is 0 Å². The maximum atomic E-state index is 12.6. The second kappa shape index (κ2) is 10.2. The summed E-state index contributed by atoms with van der Waals surface area (Å²) in [5, 5.41) is 5.76. The van der Waals surface area contributed by atoms with Gasteiger partial charge in [0.2, 0.25) is 10.0 Å². The first-order valence-electron chi connectivity index (χ1n) is 8.75. The molecule has 28 heavy (non-hydrogen) atoms. The van der Waals surface area contributed by atoms with Crippen LogP contribution in [0.15, 0.2) is 65.8 Å². The first-order valence-corrected chi connectivity index (χ1v) is 10.6. The number of fused-ring (bicyclic) bond motifs is 1. The molecule has 0 bridgehead atoms. The van der Waals surface area contributed by atoms with E-state index in [1.807, 2.05) is 31.2 Å². The van der Waals surface area contributed by atoms with E-state index in [2.05, 4.69) is 15.0 Å². The number of sulfonamides is 1. The Morgan fingerprint density at radius 3 is 2.71 bits per heavy atom. The van der Waals surface area contributed by atoms with Crippen molar-refractivity contribution in [3.8, 4) is 0 Å². The Bertz CT molecular complexity index is 1030. The summed E-state index contributed by atoms with van der Waals surface area (Å²) in [5.41, 5.74) is 1.15. The second-order valence-electron chi connectivity index (χ2n) is 6.49. The van der Waals surface area contributed by atoms with Crippen molar-refractivity contribution < 1.29 is 8.42 Å². The zero-order valence-electron chi connectivity index (χ0n) is 15.4. The Morgan fingerprint density at radius 1 is 1.11 bits per heavy atom. The molecule has 2 aromatic carbocycles. The van der Waals surface area contributed by atoms with Crippen LogP contribution in [0.25, 0.3) is 10.8 Å². The third-order valence-corrected chi connectivity index (χ3v) is 6.03. The van der Waals surface area contributed by atoms with Gasteiger partial charge in [0, 0.05) is 35.4 Å². The van der Waals surface area contributed by atoms with E-state index < -0.39 is 10.0 Å². The zero-order valence-corrected chi connectivity index (χ0v) is 17.8. The summed E-state index contributed by atoms with van der Waals surface area (Å²) in [6.07, 6.45) is 4.20. The van der Waals surface area contributed by atoms with Crippen molar-refractivity contribution in [3.63, 3.8) is 0 Å². The number of halogens is 2. The van der Waals surface area contributed by atoms with Crippen LogP contribution < -0.4 is 10.0 Å². The molecule has 0 amide bonds. The van der Waals surface area contributed by atoms with E-state index in [-0.39, 0.29) is 23.3 Å². The molecule has 2 N–H and O–H groups in total. The van der Waals surface area contributed by atoms with E-state index in [0.29, 0.717) is 6.54 Å². The maximum Gasteiger partial charge on any atom is 0.240 e. The number of aromatic nitrogens is 1. The molecule has 5 nitrogen and oxygen atoms in total. The summed E-state index contributed by atoms with van der Waals surface area (Å²) in [6, 6.07) is 14.3. The molecule has 0 aliphatic heterocycles. The van der Waals surface area contributed by atoms with E-state index >= 15 is 0 Å². The highest BCUT2D eigenvalue weighted by atomic mass is 35.5. The van der Waals surface area contributed by atoms with Gasteiger partial charge in [-0.3, -0.25) is 4.98 Å². The molecule has 0 aliphatic carbocycles. The summed E-state index contributed by atoms with van der Waals surface area (Å²) >= 11 is 5.97. The quantitative estimate of drug-likeness (QED) is 0.523. The Hall–Kier alpha value is -1.70. The lowest BCUT2D eigenvalue weighted by Gasteiger charge is -2.15. The molecule has 8 heteroatoms. The highest BCUT2D eigenvalue weighted by molar-refractivity contribution is 7.89. The first-order chi connectivity index (χ1) is 12.9. The van der Waals surface area contributed by atoms with Crippen molar-refractivity contribution in [3.05, 3.63) is 71.5 Å². The average Bonchev–Trinajstić information content (AvgIpc) is 2.64. The average molecular weight is 440 g/mol. The number of pyridine rings is 1.